The number of benzene rings is 2. The molecule has 336 valence electrons. The molecule has 1 heterocycles. The molecular formula is C52H72N4O6. The first-order valence-corrected chi connectivity index (χ1v) is 23.7. The van der Waals surface area contributed by atoms with Crippen LogP contribution in [0.25, 0.3) is 0 Å². The van der Waals surface area contributed by atoms with E-state index in [1.807, 2.05) is 30.3 Å². The molecule has 3 amide bonds. The minimum absolute atomic E-state index is 0.0695. The molecule has 1 saturated heterocycles. The van der Waals surface area contributed by atoms with Gasteiger partial charge in [-0.2, -0.15) is 0 Å². The van der Waals surface area contributed by atoms with Gasteiger partial charge in [-0.1, -0.05) is 71.0 Å². The topological polar surface area (TPSA) is 148 Å². The van der Waals surface area contributed by atoms with Gasteiger partial charge in [-0.15, -0.1) is 0 Å². The summed E-state index contributed by atoms with van der Waals surface area (Å²) < 4.78 is 0. The Bertz CT molecular complexity index is 2080. The molecule has 6 fully saturated rings. The maximum Gasteiger partial charge on any atom is 0.322 e. The summed E-state index contributed by atoms with van der Waals surface area (Å²) in [7, 11) is 0. The van der Waals surface area contributed by atoms with Gasteiger partial charge in [0.25, 0.3) is 11.8 Å². The van der Waals surface area contributed by atoms with Gasteiger partial charge in [0.05, 0.1) is 11.5 Å². The van der Waals surface area contributed by atoms with Crippen molar-refractivity contribution < 1.29 is 29.4 Å². The number of allylic oxidation sites excluding steroid dienone is 1. The van der Waals surface area contributed by atoms with E-state index >= 15 is 0 Å². The Balaban J connectivity index is 0.892. The molecule has 10 nitrogen and oxygen atoms in total. The molecule has 0 aromatic heterocycles. The van der Waals surface area contributed by atoms with Crippen LogP contribution in [-0.4, -0.2) is 77.1 Å². The Kier molecular flexibility index (Phi) is 11.9. The van der Waals surface area contributed by atoms with Gasteiger partial charge in [0.1, 0.15) is 6.04 Å². The van der Waals surface area contributed by atoms with Crippen LogP contribution in [0.3, 0.4) is 0 Å². The van der Waals surface area contributed by atoms with E-state index in [2.05, 4.69) is 64.1 Å². The number of carbonyl (C=O) groups excluding carboxylic acids is 3. The zero-order chi connectivity index (χ0) is 44.4. The van der Waals surface area contributed by atoms with Crippen molar-refractivity contribution in [1.82, 2.24) is 20.9 Å². The van der Waals surface area contributed by atoms with Gasteiger partial charge in [-0.25, -0.2) is 0 Å². The molecule has 10 heteroatoms. The highest BCUT2D eigenvalue weighted by molar-refractivity contribution is 5.95. The summed E-state index contributed by atoms with van der Waals surface area (Å²) in [5.41, 5.74) is 4.18. The van der Waals surface area contributed by atoms with E-state index in [0.717, 1.165) is 49.7 Å². The average Bonchev–Trinajstić information content (AvgIpc) is 3.66. The third-order valence-electron chi connectivity index (χ3n) is 18.8. The van der Waals surface area contributed by atoms with Crippen LogP contribution < -0.4 is 16.0 Å². The monoisotopic (exact) mass is 849 g/mol. The first kappa shape index (κ1) is 44.6. The van der Waals surface area contributed by atoms with Crippen LogP contribution in [0.5, 0.6) is 0 Å². The summed E-state index contributed by atoms with van der Waals surface area (Å²) >= 11 is 0. The molecule has 62 heavy (non-hydrogen) atoms. The number of aliphatic hydroxyl groups excluding tert-OH is 1. The number of carboxylic acid groups (broad SMARTS) is 1. The van der Waals surface area contributed by atoms with Gasteiger partial charge in [0, 0.05) is 43.9 Å². The maximum atomic E-state index is 14.7. The molecule has 5 aliphatic carbocycles. The maximum absolute atomic E-state index is 14.7. The van der Waals surface area contributed by atoms with Crippen LogP contribution >= 0.6 is 0 Å². The number of fused-ring (bicyclic) bond motifs is 7. The largest absolute Gasteiger partial charge is 0.480 e. The number of amides is 3. The van der Waals surface area contributed by atoms with Crippen LogP contribution in [0, 0.1) is 56.7 Å². The predicted octanol–water partition coefficient (Wildman–Crippen LogP) is 7.79. The van der Waals surface area contributed by atoms with Crippen molar-refractivity contribution >= 4 is 23.7 Å². The Morgan fingerprint density at radius 3 is 2.31 bits per heavy atom. The number of nitrogens with zero attached hydrogens (tertiary/aromatic N) is 1. The molecule has 2 aromatic rings. The second-order valence-electron chi connectivity index (χ2n) is 21.9. The number of hydrogen-bond acceptors (Lipinski definition) is 6. The summed E-state index contributed by atoms with van der Waals surface area (Å²) in [6.45, 7) is 21.0. The van der Waals surface area contributed by atoms with Crippen molar-refractivity contribution in [3.63, 3.8) is 0 Å². The van der Waals surface area contributed by atoms with Crippen molar-refractivity contribution in [2.75, 3.05) is 26.2 Å². The summed E-state index contributed by atoms with van der Waals surface area (Å²) in [5.74, 6) is 1.08. The van der Waals surface area contributed by atoms with Gasteiger partial charge in [-0.05, 0) is 164 Å². The second kappa shape index (κ2) is 16.5. The summed E-state index contributed by atoms with van der Waals surface area (Å²) in [6.07, 6.45) is 11.1. The van der Waals surface area contributed by atoms with E-state index in [1.54, 1.807) is 23.1 Å². The SMILES string of the molecule is C=C(C)[C@@H]1CC[C@]2(C(=O)NCCc3cccc(C(=O)NCc4ccc(C(=O)N5CCNC(C(=O)O)C5)cc4)c3)CC[C@]3(C)C(CCC4[C@@]5(C)CC[C@H](O)C(C)(C)C5CC[C@]43C)C12. The molecule has 0 spiro atoms. The number of nitrogens with one attached hydrogen (secondary N) is 3. The Labute approximate surface area is 369 Å². The molecule has 11 atom stereocenters. The molecule has 6 aliphatic rings. The average molecular weight is 849 g/mol. The van der Waals surface area contributed by atoms with Crippen molar-refractivity contribution in [1.29, 1.82) is 0 Å². The normalized spacial score (nSPS) is 37.1. The molecule has 5 N–H and O–H groups in total. The highest BCUT2D eigenvalue weighted by Crippen LogP contribution is 2.77. The predicted molar refractivity (Wildman–Crippen MR) is 241 cm³/mol. The standard InChI is InChI=1S/C52H72N4O6/c1-32(2)37-17-23-52(25-24-50(6)38(43(37)52)15-16-41-49(5)21-19-42(57)48(3,4)40(49)18-22-51(41,50)7)47(62)54-26-20-33-9-8-10-36(29-33)44(58)55-30-34-11-13-35(14-12-34)45(59)56-28-27-53-39(31-56)46(60)61/h8-14,29,37-43,53,57H,1,15-28,30-31H2,2-7H3,(H,54,62)(H,55,58)(H,60,61)/t37-,38?,39?,40?,41?,42-,43?,49-,50+,51+,52-/m0/s1. The van der Waals surface area contributed by atoms with E-state index in [1.165, 1.54) is 31.3 Å². The van der Waals surface area contributed by atoms with Crippen LogP contribution in [0.1, 0.15) is 138 Å². The minimum Gasteiger partial charge on any atom is -0.480 e. The van der Waals surface area contributed by atoms with Gasteiger partial charge in [0.2, 0.25) is 5.91 Å². The second-order valence-corrected chi connectivity index (χ2v) is 21.9. The fourth-order valence-electron chi connectivity index (χ4n) is 15.2. The molecular weight excluding hydrogens is 777 g/mol. The lowest BCUT2D eigenvalue weighted by atomic mass is 9.32. The quantitative estimate of drug-likeness (QED) is 0.153. The number of piperazine rings is 1. The molecule has 1 aliphatic heterocycles. The molecule has 5 saturated carbocycles. The van der Waals surface area contributed by atoms with E-state index < -0.39 is 17.4 Å². The molecule has 2 aromatic carbocycles. The summed E-state index contributed by atoms with van der Waals surface area (Å²) in [5, 5.41) is 29.8. The first-order chi connectivity index (χ1) is 29.4. The first-order valence-electron chi connectivity index (χ1n) is 23.7. The van der Waals surface area contributed by atoms with E-state index in [4.69, 9.17) is 0 Å². The summed E-state index contributed by atoms with van der Waals surface area (Å²) in [4.78, 5) is 54.0. The fraction of sp³-hybridized carbons (Fsp3) is 0.654. The van der Waals surface area contributed by atoms with Crippen LogP contribution in [-0.2, 0) is 22.6 Å². The number of aliphatic carboxylic acids is 1. The lowest BCUT2D eigenvalue weighted by molar-refractivity contribution is -0.246. The highest BCUT2D eigenvalue weighted by Gasteiger charge is 2.71. The number of rotatable bonds is 10. The number of aliphatic hydroxyl groups is 1. The zero-order valence-electron chi connectivity index (χ0n) is 38.2. The molecule has 5 unspecified atom stereocenters. The van der Waals surface area contributed by atoms with Gasteiger partial charge >= 0.3 is 5.97 Å². The fourth-order valence-corrected chi connectivity index (χ4v) is 15.2. The lowest BCUT2D eigenvalue weighted by Crippen LogP contribution is -2.67. The van der Waals surface area contributed by atoms with Gasteiger partial charge < -0.3 is 31.1 Å². The molecule has 0 radical (unpaired) electrons. The third-order valence-corrected chi connectivity index (χ3v) is 18.8. The van der Waals surface area contributed by atoms with E-state index in [9.17, 15) is 29.4 Å². The Morgan fingerprint density at radius 1 is 0.823 bits per heavy atom. The van der Waals surface area contributed by atoms with Gasteiger partial charge in [-0.3, -0.25) is 19.2 Å². The molecule has 8 rings (SSSR count). The van der Waals surface area contributed by atoms with E-state index in [-0.39, 0.29) is 57.9 Å². The van der Waals surface area contributed by atoms with Crippen LogP contribution in [0.15, 0.2) is 60.7 Å². The van der Waals surface area contributed by atoms with Crippen LogP contribution in [0.4, 0.5) is 0 Å². The van der Waals surface area contributed by atoms with Crippen molar-refractivity contribution in [3.8, 4) is 0 Å². The van der Waals surface area contributed by atoms with Crippen molar-refractivity contribution in [3.05, 3.63) is 82.9 Å². The van der Waals surface area contributed by atoms with Gasteiger partial charge in [0.15, 0.2) is 0 Å². The Morgan fingerprint density at radius 2 is 1.58 bits per heavy atom. The minimum atomic E-state index is -0.974. The third kappa shape index (κ3) is 7.33. The van der Waals surface area contributed by atoms with Crippen molar-refractivity contribution in [2.24, 2.45) is 56.7 Å². The lowest BCUT2D eigenvalue weighted by Gasteiger charge is -2.72. The number of carboxylic acids is 1. The van der Waals surface area contributed by atoms with E-state index in [0.29, 0.717) is 67.4 Å². The Hall–Kier alpha value is -4.02. The number of carbonyl (C=O) groups is 4. The van der Waals surface area contributed by atoms with Crippen molar-refractivity contribution in [2.45, 2.75) is 131 Å². The molecule has 0 bridgehead atoms. The smallest absolute Gasteiger partial charge is 0.322 e. The highest BCUT2D eigenvalue weighted by atomic mass is 16.4. The number of hydrogen-bond donors (Lipinski definition) is 5. The zero-order valence-corrected chi connectivity index (χ0v) is 38.2. The summed E-state index contributed by atoms with van der Waals surface area (Å²) in [6, 6.07) is 13.9. The van der Waals surface area contributed by atoms with Crippen LogP contribution in [0.2, 0.25) is 0 Å².